The lowest BCUT2D eigenvalue weighted by molar-refractivity contribution is -0.116. The molecule has 2 aromatic rings. The first kappa shape index (κ1) is 15.8. The Morgan fingerprint density at radius 2 is 2.14 bits per heavy atom. The number of benzene rings is 1. The normalized spacial score (nSPS) is 10.3. The van der Waals surface area contributed by atoms with Crippen molar-refractivity contribution in [1.82, 2.24) is 4.98 Å². The fraction of sp³-hybridized carbons (Fsp3) is 0.235. The molecule has 1 heterocycles. The highest BCUT2D eigenvalue weighted by Gasteiger charge is 2.09. The summed E-state index contributed by atoms with van der Waals surface area (Å²) in [5, 5.41) is 2.70. The van der Waals surface area contributed by atoms with Crippen LogP contribution >= 0.6 is 0 Å². The second-order valence-electron chi connectivity index (χ2n) is 4.92. The van der Waals surface area contributed by atoms with Gasteiger partial charge in [0.1, 0.15) is 17.9 Å². The van der Waals surface area contributed by atoms with Crippen LogP contribution in [-0.4, -0.2) is 17.2 Å². The predicted octanol–water partition coefficient (Wildman–Crippen LogP) is 3.83. The minimum Gasteiger partial charge on any atom is -0.311 e. The Morgan fingerprint density at radius 3 is 2.82 bits per heavy atom. The van der Waals surface area contributed by atoms with E-state index in [4.69, 9.17) is 0 Å². The van der Waals surface area contributed by atoms with Crippen LogP contribution in [0.15, 0.2) is 36.4 Å². The number of rotatable bonds is 6. The minimum absolute atomic E-state index is 0.108. The van der Waals surface area contributed by atoms with Crippen LogP contribution in [0.1, 0.15) is 36.5 Å². The van der Waals surface area contributed by atoms with E-state index in [0.717, 1.165) is 18.9 Å². The molecule has 1 aromatic carbocycles. The Morgan fingerprint density at radius 1 is 1.32 bits per heavy atom. The van der Waals surface area contributed by atoms with Crippen molar-refractivity contribution in [2.75, 3.05) is 5.32 Å². The maximum Gasteiger partial charge on any atom is 0.225 e. The van der Waals surface area contributed by atoms with E-state index in [2.05, 4.69) is 10.3 Å². The number of amides is 1. The number of unbranched alkanes of at least 4 members (excludes halogenated alkanes) is 1. The summed E-state index contributed by atoms with van der Waals surface area (Å²) in [6.45, 7) is 2.01. The Bertz CT molecular complexity index is 686. The van der Waals surface area contributed by atoms with Crippen molar-refractivity contribution in [2.24, 2.45) is 0 Å². The minimum atomic E-state index is -0.522. The van der Waals surface area contributed by atoms with E-state index < -0.39 is 5.82 Å². The van der Waals surface area contributed by atoms with E-state index in [-0.39, 0.29) is 17.0 Å². The molecule has 2 rings (SSSR count). The zero-order valence-electron chi connectivity index (χ0n) is 12.3. The number of anilines is 1. The van der Waals surface area contributed by atoms with Crippen molar-refractivity contribution in [2.45, 2.75) is 26.2 Å². The molecule has 0 aliphatic heterocycles. The average molecular weight is 300 g/mol. The third-order valence-electron chi connectivity index (χ3n) is 3.18. The maximum atomic E-state index is 14.0. The monoisotopic (exact) mass is 300 g/mol. The Labute approximate surface area is 128 Å². The van der Waals surface area contributed by atoms with E-state index >= 15 is 0 Å². The Balaban J connectivity index is 2.21. The molecule has 0 aliphatic carbocycles. The molecule has 22 heavy (non-hydrogen) atoms. The van der Waals surface area contributed by atoms with Crippen LogP contribution in [0.2, 0.25) is 0 Å². The fourth-order valence-corrected chi connectivity index (χ4v) is 2.01. The molecule has 5 heteroatoms. The summed E-state index contributed by atoms with van der Waals surface area (Å²) in [7, 11) is 0. The number of halogens is 1. The molecule has 0 fully saturated rings. The van der Waals surface area contributed by atoms with Gasteiger partial charge in [-0.3, -0.25) is 9.59 Å². The van der Waals surface area contributed by atoms with Gasteiger partial charge in [0.2, 0.25) is 5.91 Å². The van der Waals surface area contributed by atoms with Crippen LogP contribution in [0.5, 0.6) is 0 Å². The van der Waals surface area contributed by atoms with E-state index in [1.165, 1.54) is 12.1 Å². The van der Waals surface area contributed by atoms with Crippen molar-refractivity contribution >= 4 is 18.0 Å². The third kappa shape index (κ3) is 3.97. The second kappa shape index (κ2) is 7.45. The largest absolute Gasteiger partial charge is 0.311 e. The first-order valence-electron chi connectivity index (χ1n) is 7.16. The number of nitrogens with zero attached hydrogens (tertiary/aromatic N) is 1. The van der Waals surface area contributed by atoms with Crippen LogP contribution in [-0.2, 0) is 4.79 Å². The molecule has 0 saturated heterocycles. The molecule has 0 bridgehead atoms. The summed E-state index contributed by atoms with van der Waals surface area (Å²) < 4.78 is 14.0. The van der Waals surface area contributed by atoms with Gasteiger partial charge < -0.3 is 5.32 Å². The standard InChI is InChI=1S/C17H17FN2O2/c1-2-3-7-17(22)20-16-6-4-5-15(19-16)13-9-8-12(11-21)10-14(13)18/h4-6,8-11H,2-3,7H2,1H3,(H,19,20,22). The molecule has 4 nitrogen and oxygen atoms in total. The molecular weight excluding hydrogens is 283 g/mol. The smallest absolute Gasteiger partial charge is 0.225 e. The molecule has 0 unspecified atom stereocenters. The lowest BCUT2D eigenvalue weighted by Crippen LogP contribution is -2.12. The van der Waals surface area contributed by atoms with Crippen molar-refractivity contribution in [3.05, 3.63) is 47.8 Å². The summed E-state index contributed by atoms with van der Waals surface area (Å²) in [5.74, 6) is -0.243. The van der Waals surface area contributed by atoms with Gasteiger partial charge in [0.25, 0.3) is 0 Å². The van der Waals surface area contributed by atoms with E-state index in [0.29, 0.717) is 24.2 Å². The van der Waals surface area contributed by atoms with Gasteiger partial charge in [0.15, 0.2) is 0 Å². The molecule has 114 valence electrons. The first-order valence-corrected chi connectivity index (χ1v) is 7.16. The number of aldehydes is 1. The van der Waals surface area contributed by atoms with Crippen molar-refractivity contribution < 1.29 is 14.0 Å². The Hall–Kier alpha value is -2.56. The highest BCUT2D eigenvalue weighted by Crippen LogP contribution is 2.23. The summed E-state index contributed by atoms with van der Waals surface area (Å²) in [5.41, 5.74) is 0.962. The molecule has 0 saturated carbocycles. The second-order valence-corrected chi connectivity index (χ2v) is 4.92. The van der Waals surface area contributed by atoms with Gasteiger partial charge in [-0.1, -0.05) is 25.5 Å². The number of nitrogens with one attached hydrogen (secondary N) is 1. The summed E-state index contributed by atoms with van der Waals surface area (Å²) >= 11 is 0. The fourth-order valence-electron chi connectivity index (χ4n) is 2.01. The first-order chi connectivity index (χ1) is 10.6. The molecule has 0 spiro atoms. The summed E-state index contributed by atoms with van der Waals surface area (Å²) in [6, 6.07) is 9.21. The zero-order chi connectivity index (χ0) is 15.9. The van der Waals surface area contributed by atoms with E-state index in [1.807, 2.05) is 6.92 Å². The van der Waals surface area contributed by atoms with Gasteiger partial charge in [0.05, 0.1) is 5.69 Å². The summed E-state index contributed by atoms with van der Waals surface area (Å²) in [4.78, 5) is 26.6. The highest BCUT2D eigenvalue weighted by molar-refractivity contribution is 5.90. The molecular formula is C17H17FN2O2. The van der Waals surface area contributed by atoms with Crippen LogP contribution < -0.4 is 5.32 Å². The van der Waals surface area contributed by atoms with Gasteiger partial charge in [-0.05, 0) is 30.7 Å². The van der Waals surface area contributed by atoms with Gasteiger partial charge in [-0.25, -0.2) is 9.37 Å². The zero-order valence-corrected chi connectivity index (χ0v) is 12.3. The van der Waals surface area contributed by atoms with Crippen molar-refractivity contribution in [3.8, 4) is 11.3 Å². The van der Waals surface area contributed by atoms with Gasteiger partial charge in [-0.15, -0.1) is 0 Å². The van der Waals surface area contributed by atoms with Crippen molar-refractivity contribution in [1.29, 1.82) is 0 Å². The average Bonchev–Trinajstić information content (AvgIpc) is 2.53. The van der Waals surface area contributed by atoms with Crippen LogP contribution in [0.25, 0.3) is 11.3 Å². The summed E-state index contributed by atoms with van der Waals surface area (Å²) in [6.07, 6.45) is 2.78. The van der Waals surface area contributed by atoms with Crippen LogP contribution in [0.3, 0.4) is 0 Å². The predicted molar refractivity (Wildman–Crippen MR) is 83.2 cm³/mol. The molecule has 1 aromatic heterocycles. The van der Waals surface area contributed by atoms with Gasteiger partial charge in [0, 0.05) is 17.5 Å². The Kier molecular flexibility index (Phi) is 5.36. The SMILES string of the molecule is CCCCC(=O)Nc1cccc(-c2ccc(C=O)cc2F)n1. The van der Waals surface area contributed by atoms with Crippen molar-refractivity contribution in [3.63, 3.8) is 0 Å². The molecule has 1 N–H and O–H groups in total. The van der Waals surface area contributed by atoms with Crippen LogP contribution in [0, 0.1) is 5.82 Å². The number of hydrogen-bond acceptors (Lipinski definition) is 3. The number of hydrogen-bond donors (Lipinski definition) is 1. The number of carbonyl (C=O) groups is 2. The molecule has 1 amide bonds. The lowest BCUT2D eigenvalue weighted by atomic mass is 10.1. The number of carbonyl (C=O) groups excluding carboxylic acids is 2. The number of pyridine rings is 1. The highest BCUT2D eigenvalue weighted by atomic mass is 19.1. The topological polar surface area (TPSA) is 59.1 Å². The third-order valence-corrected chi connectivity index (χ3v) is 3.18. The van der Waals surface area contributed by atoms with Gasteiger partial charge >= 0.3 is 0 Å². The maximum absolute atomic E-state index is 14.0. The molecule has 0 atom stereocenters. The quantitative estimate of drug-likeness (QED) is 0.825. The molecule has 0 radical (unpaired) electrons. The van der Waals surface area contributed by atoms with E-state index in [9.17, 15) is 14.0 Å². The lowest BCUT2D eigenvalue weighted by Gasteiger charge is -2.07. The van der Waals surface area contributed by atoms with Gasteiger partial charge in [-0.2, -0.15) is 0 Å². The molecule has 0 aliphatic rings. The van der Waals surface area contributed by atoms with E-state index in [1.54, 1.807) is 18.2 Å². The van der Waals surface area contributed by atoms with Crippen LogP contribution in [0.4, 0.5) is 10.2 Å². The number of aromatic nitrogens is 1.